The molecule has 0 aliphatic rings. The van der Waals surface area contributed by atoms with Gasteiger partial charge in [-0.1, -0.05) is 31.9 Å². The van der Waals surface area contributed by atoms with Gasteiger partial charge in [0.2, 0.25) is 11.5 Å². The van der Waals surface area contributed by atoms with E-state index < -0.39 is 9.85 Å². The van der Waals surface area contributed by atoms with Crippen LogP contribution in [0.3, 0.4) is 0 Å². The van der Waals surface area contributed by atoms with Crippen molar-refractivity contribution in [2.24, 2.45) is 0 Å². The zero-order valence-corrected chi connectivity index (χ0v) is 17.8. The lowest BCUT2D eigenvalue weighted by molar-refractivity contribution is -0.386. The minimum Gasteiger partial charge on any atom is -0.460 e. The molecule has 0 spiro atoms. The predicted molar refractivity (Wildman–Crippen MR) is 106 cm³/mol. The monoisotopic (exact) mass is 520 g/mol. The summed E-state index contributed by atoms with van der Waals surface area (Å²) in [6.07, 6.45) is 0. The van der Waals surface area contributed by atoms with E-state index in [0.717, 1.165) is 0 Å². The second kappa shape index (κ2) is 9.78. The Hall–Kier alpha value is -2.28. The van der Waals surface area contributed by atoms with Crippen molar-refractivity contribution < 1.29 is 28.8 Å². The first-order chi connectivity index (χ1) is 13.3. The molecule has 0 aromatic heterocycles. The maximum atomic E-state index is 11.5. The quantitative estimate of drug-likeness (QED) is 0.265. The molecule has 0 amide bonds. The number of benzene rings is 2. The number of ether oxygens (including phenoxy) is 4. The molecule has 0 aliphatic carbocycles. The molecule has 150 valence electrons. The van der Waals surface area contributed by atoms with Crippen molar-refractivity contribution in [2.45, 2.75) is 0 Å². The van der Waals surface area contributed by atoms with Gasteiger partial charge in [0.1, 0.15) is 0 Å². The summed E-state index contributed by atoms with van der Waals surface area (Å²) in [6.45, 7) is -0.528. The van der Waals surface area contributed by atoms with E-state index in [2.05, 4.69) is 31.9 Å². The first-order valence-corrected chi connectivity index (χ1v) is 9.08. The molecule has 0 fully saturated rings. The van der Waals surface area contributed by atoms with Gasteiger partial charge in [0.05, 0.1) is 9.85 Å². The maximum Gasteiger partial charge on any atom is 0.312 e. The summed E-state index contributed by atoms with van der Waals surface area (Å²) in [5, 5.41) is 23.0. The van der Waals surface area contributed by atoms with E-state index in [1.54, 1.807) is 0 Å². The highest BCUT2D eigenvalue weighted by atomic mass is 79.9. The molecule has 2 aromatic carbocycles. The first kappa shape index (κ1) is 22.0. The summed E-state index contributed by atoms with van der Waals surface area (Å²) in [5.41, 5.74) is -0.286. The van der Waals surface area contributed by atoms with E-state index in [9.17, 15) is 20.2 Å². The van der Waals surface area contributed by atoms with Gasteiger partial charge in [0, 0.05) is 46.4 Å². The summed E-state index contributed by atoms with van der Waals surface area (Å²) in [6, 6.07) is 5.58. The second-order valence-electron chi connectivity index (χ2n) is 5.22. The Labute approximate surface area is 175 Å². The highest BCUT2D eigenvalue weighted by Gasteiger charge is 2.28. The van der Waals surface area contributed by atoms with Crippen LogP contribution in [-0.2, 0) is 9.47 Å². The summed E-state index contributed by atoms with van der Waals surface area (Å²) >= 11 is 6.44. The fraction of sp³-hybridized carbons (Fsp3) is 0.250. The molecule has 0 radical (unpaired) electrons. The van der Waals surface area contributed by atoms with Crippen molar-refractivity contribution in [1.29, 1.82) is 0 Å². The summed E-state index contributed by atoms with van der Waals surface area (Å²) in [5.74, 6) is -0.241. The molecule has 10 nitrogen and oxygen atoms in total. The van der Waals surface area contributed by atoms with Gasteiger partial charge in [0.25, 0.3) is 0 Å². The zero-order valence-electron chi connectivity index (χ0n) is 14.6. The van der Waals surface area contributed by atoms with Gasteiger partial charge < -0.3 is 18.9 Å². The Morgan fingerprint density at radius 3 is 1.43 bits per heavy atom. The first-order valence-electron chi connectivity index (χ1n) is 7.49. The highest BCUT2D eigenvalue weighted by molar-refractivity contribution is 9.10. The molecule has 0 N–H and O–H groups in total. The Bertz CT molecular complexity index is 833. The number of nitro benzene ring substituents is 2. The lowest BCUT2D eigenvalue weighted by Crippen LogP contribution is -2.06. The van der Waals surface area contributed by atoms with E-state index in [0.29, 0.717) is 8.95 Å². The largest absolute Gasteiger partial charge is 0.460 e. The molecule has 0 atom stereocenters. The van der Waals surface area contributed by atoms with E-state index in [-0.39, 0.29) is 47.6 Å². The van der Waals surface area contributed by atoms with Crippen LogP contribution in [0.1, 0.15) is 0 Å². The smallest absolute Gasteiger partial charge is 0.312 e. The molecule has 12 heteroatoms. The molecule has 0 aliphatic heterocycles. The van der Waals surface area contributed by atoms with Gasteiger partial charge in [-0.05, 0) is 12.1 Å². The Balaban J connectivity index is 2.85. The van der Waals surface area contributed by atoms with Crippen LogP contribution in [0.2, 0.25) is 0 Å². The average Bonchev–Trinajstić information content (AvgIpc) is 2.64. The minimum atomic E-state index is -0.624. The summed E-state index contributed by atoms with van der Waals surface area (Å²) < 4.78 is 21.3. The summed E-state index contributed by atoms with van der Waals surface area (Å²) in [7, 11) is 2.73. The minimum absolute atomic E-state index is 0.121. The van der Waals surface area contributed by atoms with Gasteiger partial charge >= 0.3 is 11.4 Å². The van der Waals surface area contributed by atoms with Crippen LogP contribution in [0.4, 0.5) is 11.4 Å². The fourth-order valence-corrected chi connectivity index (χ4v) is 3.26. The van der Waals surface area contributed by atoms with Crippen molar-refractivity contribution in [2.75, 3.05) is 27.8 Å². The van der Waals surface area contributed by atoms with Gasteiger partial charge in [0.15, 0.2) is 13.6 Å². The van der Waals surface area contributed by atoms with Crippen molar-refractivity contribution in [1.82, 2.24) is 0 Å². The van der Waals surface area contributed by atoms with Crippen molar-refractivity contribution >= 4 is 43.2 Å². The molecule has 0 bridgehead atoms. The third kappa shape index (κ3) is 4.95. The van der Waals surface area contributed by atoms with Crippen LogP contribution >= 0.6 is 31.9 Å². The molecule has 0 heterocycles. The number of hydrogen-bond acceptors (Lipinski definition) is 8. The number of methoxy groups -OCH3 is 2. The van der Waals surface area contributed by atoms with Gasteiger partial charge in [-0.25, -0.2) is 0 Å². The normalized spacial score (nSPS) is 10.6. The molecular formula is C16H14Br2N2O8. The molecule has 0 saturated carbocycles. The van der Waals surface area contributed by atoms with Gasteiger partial charge in [-0.2, -0.15) is 0 Å². The van der Waals surface area contributed by atoms with E-state index in [4.69, 9.17) is 18.9 Å². The standard InChI is InChI=1S/C16H14Br2N2O8/c1-25-7-27-15-11(3-9(17)5-13(15)19(21)22)12-4-10(18)6-14(20(23)24)16(12)28-8-26-2/h3-6H,7-8H2,1-2H3. The van der Waals surface area contributed by atoms with Gasteiger partial charge in [-0.15, -0.1) is 0 Å². The zero-order chi connectivity index (χ0) is 20.8. The van der Waals surface area contributed by atoms with Crippen molar-refractivity contribution in [3.63, 3.8) is 0 Å². The number of halogens is 2. The molecule has 0 unspecified atom stereocenters. The average molecular weight is 522 g/mol. The molecule has 0 saturated heterocycles. The Morgan fingerprint density at radius 1 is 0.786 bits per heavy atom. The fourth-order valence-electron chi connectivity index (χ4n) is 2.37. The van der Waals surface area contributed by atoms with Gasteiger partial charge in [-0.3, -0.25) is 20.2 Å². The van der Waals surface area contributed by atoms with Crippen LogP contribution < -0.4 is 9.47 Å². The maximum absolute atomic E-state index is 11.5. The Morgan fingerprint density at radius 2 is 1.14 bits per heavy atom. The second-order valence-corrected chi connectivity index (χ2v) is 7.05. The van der Waals surface area contributed by atoms with Crippen LogP contribution in [0.15, 0.2) is 33.2 Å². The van der Waals surface area contributed by atoms with Crippen LogP contribution in [0.5, 0.6) is 11.5 Å². The Kier molecular flexibility index (Phi) is 7.69. The third-order valence-electron chi connectivity index (χ3n) is 3.39. The highest BCUT2D eigenvalue weighted by Crippen LogP contribution is 2.47. The number of nitro groups is 2. The number of hydrogen-bond donors (Lipinski definition) is 0. The summed E-state index contributed by atoms with van der Waals surface area (Å²) in [4.78, 5) is 21.8. The van der Waals surface area contributed by atoms with E-state index in [1.165, 1.54) is 38.5 Å². The van der Waals surface area contributed by atoms with Crippen LogP contribution in [0, 0.1) is 20.2 Å². The van der Waals surface area contributed by atoms with Crippen LogP contribution in [-0.4, -0.2) is 37.7 Å². The predicted octanol–water partition coefficient (Wildman–Crippen LogP) is 4.66. The van der Waals surface area contributed by atoms with E-state index in [1.807, 2.05) is 0 Å². The SMILES string of the molecule is COCOc1c(-c2cc(Br)cc([N+](=O)[O-])c2OCOC)cc(Br)cc1[N+](=O)[O-]. The topological polar surface area (TPSA) is 123 Å². The van der Waals surface area contributed by atoms with Crippen molar-refractivity contribution in [3.8, 4) is 22.6 Å². The van der Waals surface area contributed by atoms with E-state index >= 15 is 0 Å². The molecule has 28 heavy (non-hydrogen) atoms. The molecule has 2 rings (SSSR count). The van der Waals surface area contributed by atoms with Crippen molar-refractivity contribution in [3.05, 3.63) is 53.4 Å². The number of rotatable bonds is 9. The lowest BCUT2D eigenvalue weighted by Gasteiger charge is -2.16. The lowest BCUT2D eigenvalue weighted by atomic mass is 10.0. The molecular weight excluding hydrogens is 508 g/mol. The molecule has 2 aromatic rings. The van der Waals surface area contributed by atoms with Crippen LogP contribution in [0.25, 0.3) is 11.1 Å². The number of nitrogens with zero attached hydrogens (tertiary/aromatic N) is 2. The third-order valence-corrected chi connectivity index (χ3v) is 4.31.